The van der Waals surface area contributed by atoms with Gasteiger partial charge in [-0.2, -0.15) is 0 Å². The lowest BCUT2D eigenvalue weighted by molar-refractivity contribution is 0.112. The van der Waals surface area contributed by atoms with Crippen LogP contribution in [0.1, 0.15) is 10.4 Å². The summed E-state index contributed by atoms with van der Waals surface area (Å²) in [6.07, 6.45) is 0.641. The molecule has 12 heavy (non-hydrogen) atoms. The topological polar surface area (TPSA) is 40.5 Å². The highest BCUT2D eigenvalue weighted by atomic mass is 16.3. The lowest BCUT2D eigenvalue weighted by Crippen LogP contribution is -2.08. The SMILES string of the molecule is CN(C)c1ccc(O)c(C=O)c1. The summed E-state index contributed by atoms with van der Waals surface area (Å²) in [7, 11) is 3.75. The maximum absolute atomic E-state index is 10.4. The van der Waals surface area contributed by atoms with Crippen molar-refractivity contribution in [1.82, 2.24) is 0 Å². The minimum Gasteiger partial charge on any atom is -0.507 e. The number of nitrogens with zero attached hydrogens (tertiary/aromatic N) is 1. The van der Waals surface area contributed by atoms with E-state index in [-0.39, 0.29) is 5.75 Å². The van der Waals surface area contributed by atoms with Gasteiger partial charge in [-0.15, -0.1) is 0 Å². The minimum atomic E-state index is 0.0237. The van der Waals surface area contributed by atoms with Gasteiger partial charge in [0.2, 0.25) is 0 Å². The summed E-state index contributed by atoms with van der Waals surface area (Å²) in [4.78, 5) is 12.3. The van der Waals surface area contributed by atoms with Crippen LogP contribution < -0.4 is 4.90 Å². The number of hydrogen-bond donors (Lipinski definition) is 1. The molecule has 3 nitrogen and oxygen atoms in total. The maximum Gasteiger partial charge on any atom is 0.153 e. The van der Waals surface area contributed by atoms with Crippen LogP contribution in [-0.2, 0) is 0 Å². The van der Waals surface area contributed by atoms with Crippen LogP contribution in [0, 0.1) is 0 Å². The molecule has 0 aliphatic heterocycles. The Kier molecular flexibility index (Phi) is 2.33. The highest BCUT2D eigenvalue weighted by Crippen LogP contribution is 2.20. The molecule has 3 heteroatoms. The summed E-state index contributed by atoms with van der Waals surface area (Å²) in [5.74, 6) is 0.0237. The average molecular weight is 165 g/mol. The standard InChI is InChI=1S/C9H11NO2/c1-10(2)8-3-4-9(12)7(5-8)6-11/h3-6,12H,1-2H3. The van der Waals surface area contributed by atoms with Crippen molar-refractivity contribution < 1.29 is 9.90 Å². The van der Waals surface area contributed by atoms with E-state index in [1.807, 2.05) is 19.0 Å². The van der Waals surface area contributed by atoms with Gasteiger partial charge in [-0.1, -0.05) is 0 Å². The van der Waals surface area contributed by atoms with Gasteiger partial charge in [0.15, 0.2) is 6.29 Å². The van der Waals surface area contributed by atoms with Gasteiger partial charge < -0.3 is 10.0 Å². The third kappa shape index (κ3) is 1.56. The summed E-state index contributed by atoms with van der Waals surface area (Å²) >= 11 is 0. The van der Waals surface area contributed by atoms with Crippen LogP contribution in [0.15, 0.2) is 18.2 Å². The minimum absolute atomic E-state index is 0.0237. The fourth-order valence-corrected chi connectivity index (χ4v) is 0.914. The summed E-state index contributed by atoms with van der Waals surface area (Å²) in [5, 5.41) is 9.17. The van der Waals surface area contributed by atoms with Gasteiger partial charge in [0, 0.05) is 19.8 Å². The Labute approximate surface area is 71.2 Å². The summed E-state index contributed by atoms with van der Waals surface area (Å²) in [6.45, 7) is 0. The van der Waals surface area contributed by atoms with E-state index in [9.17, 15) is 4.79 Å². The first-order valence-electron chi connectivity index (χ1n) is 3.60. The maximum atomic E-state index is 10.4. The van der Waals surface area contributed by atoms with Crippen LogP contribution in [0.4, 0.5) is 5.69 Å². The predicted octanol–water partition coefficient (Wildman–Crippen LogP) is 1.27. The van der Waals surface area contributed by atoms with E-state index in [0.29, 0.717) is 11.8 Å². The first-order valence-corrected chi connectivity index (χ1v) is 3.60. The van der Waals surface area contributed by atoms with Gasteiger partial charge >= 0.3 is 0 Å². The van der Waals surface area contributed by atoms with Gasteiger partial charge in [-0.3, -0.25) is 4.79 Å². The molecule has 64 valence electrons. The van der Waals surface area contributed by atoms with E-state index in [2.05, 4.69) is 0 Å². The Morgan fingerprint density at radius 2 is 2.08 bits per heavy atom. The number of phenolic OH excluding ortho intramolecular Hbond substituents is 1. The molecule has 0 bridgehead atoms. The Morgan fingerprint density at radius 3 is 2.58 bits per heavy atom. The quantitative estimate of drug-likeness (QED) is 0.671. The largest absolute Gasteiger partial charge is 0.507 e. The fraction of sp³-hybridized carbons (Fsp3) is 0.222. The fourth-order valence-electron chi connectivity index (χ4n) is 0.914. The predicted molar refractivity (Wildman–Crippen MR) is 47.8 cm³/mol. The molecule has 0 saturated carbocycles. The number of carbonyl (C=O) groups is 1. The zero-order valence-electron chi connectivity index (χ0n) is 7.11. The van der Waals surface area contributed by atoms with Gasteiger partial charge in [0.05, 0.1) is 5.56 Å². The van der Waals surface area contributed by atoms with Crippen LogP contribution in [0.3, 0.4) is 0 Å². The number of anilines is 1. The van der Waals surface area contributed by atoms with Crippen LogP contribution >= 0.6 is 0 Å². The lowest BCUT2D eigenvalue weighted by Gasteiger charge is -2.12. The molecule has 0 radical (unpaired) electrons. The zero-order chi connectivity index (χ0) is 9.14. The van der Waals surface area contributed by atoms with Crippen LogP contribution in [0.5, 0.6) is 5.75 Å². The second kappa shape index (κ2) is 3.26. The molecule has 1 rings (SSSR count). The zero-order valence-corrected chi connectivity index (χ0v) is 7.11. The molecule has 0 fully saturated rings. The van der Waals surface area contributed by atoms with Crippen molar-refractivity contribution in [3.05, 3.63) is 23.8 Å². The summed E-state index contributed by atoms with van der Waals surface area (Å²) in [6, 6.07) is 4.91. The van der Waals surface area contributed by atoms with Crippen LogP contribution in [0.2, 0.25) is 0 Å². The molecule has 0 aliphatic carbocycles. The molecule has 0 aliphatic rings. The number of aldehydes is 1. The first kappa shape index (κ1) is 8.59. The summed E-state index contributed by atoms with van der Waals surface area (Å²) in [5.41, 5.74) is 1.22. The molecule has 0 amide bonds. The molecule has 0 atom stereocenters. The van der Waals surface area contributed by atoms with Crippen LogP contribution in [-0.4, -0.2) is 25.5 Å². The number of phenols is 1. The Balaban J connectivity index is 3.13. The van der Waals surface area contributed by atoms with E-state index >= 15 is 0 Å². The van der Waals surface area contributed by atoms with Gasteiger partial charge in [0.1, 0.15) is 5.75 Å². The second-order valence-corrected chi connectivity index (χ2v) is 2.76. The molecule has 0 spiro atoms. The number of hydrogen-bond acceptors (Lipinski definition) is 3. The molecular weight excluding hydrogens is 154 g/mol. The van der Waals surface area contributed by atoms with Crippen molar-refractivity contribution in [2.24, 2.45) is 0 Å². The highest BCUT2D eigenvalue weighted by Gasteiger charge is 2.01. The molecule has 0 aromatic heterocycles. The molecule has 1 aromatic carbocycles. The highest BCUT2D eigenvalue weighted by molar-refractivity contribution is 5.81. The monoisotopic (exact) mass is 165 g/mol. The average Bonchev–Trinajstić information content (AvgIpc) is 2.05. The van der Waals surface area contributed by atoms with Crippen molar-refractivity contribution in [1.29, 1.82) is 0 Å². The Bertz CT molecular complexity index is 295. The third-order valence-electron chi connectivity index (χ3n) is 1.65. The van der Waals surface area contributed by atoms with E-state index in [1.165, 1.54) is 6.07 Å². The molecular formula is C9H11NO2. The smallest absolute Gasteiger partial charge is 0.153 e. The summed E-state index contributed by atoms with van der Waals surface area (Å²) < 4.78 is 0. The van der Waals surface area contributed by atoms with Crippen molar-refractivity contribution >= 4 is 12.0 Å². The van der Waals surface area contributed by atoms with E-state index < -0.39 is 0 Å². The van der Waals surface area contributed by atoms with Gasteiger partial charge in [-0.25, -0.2) is 0 Å². The first-order chi connectivity index (χ1) is 5.65. The number of rotatable bonds is 2. The van der Waals surface area contributed by atoms with Crippen molar-refractivity contribution in [2.75, 3.05) is 19.0 Å². The molecule has 0 unspecified atom stereocenters. The number of benzene rings is 1. The molecule has 1 aromatic rings. The van der Waals surface area contributed by atoms with E-state index in [1.54, 1.807) is 12.1 Å². The van der Waals surface area contributed by atoms with Gasteiger partial charge in [0.25, 0.3) is 0 Å². The molecule has 0 heterocycles. The number of carbonyl (C=O) groups excluding carboxylic acids is 1. The third-order valence-corrected chi connectivity index (χ3v) is 1.65. The normalized spacial score (nSPS) is 9.50. The van der Waals surface area contributed by atoms with Crippen molar-refractivity contribution in [3.63, 3.8) is 0 Å². The van der Waals surface area contributed by atoms with Crippen molar-refractivity contribution in [2.45, 2.75) is 0 Å². The Morgan fingerprint density at radius 1 is 1.42 bits per heavy atom. The van der Waals surface area contributed by atoms with Crippen LogP contribution in [0.25, 0.3) is 0 Å². The second-order valence-electron chi connectivity index (χ2n) is 2.76. The molecule has 0 saturated heterocycles. The van der Waals surface area contributed by atoms with E-state index in [0.717, 1.165) is 5.69 Å². The van der Waals surface area contributed by atoms with Gasteiger partial charge in [-0.05, 0) is 18.2 Å². The Hall–Kier alpha value is -1.51. The lowest BCUT2D eigenvalue weighted by atomic mass is 10.2. The molecule has 1 N–H and O–H groups in total. The van der Waals surface area contributed by atoms with Crippen molar-refractivity contribution in [3.8, 4) is 5.75 Å². The number of aromatic hydroxyl groups is 1. The van der Waals surface area contributed by atoms with E-state index in [4.69, 9.17) is 5.11 Å².